The molecule has 0 aliphatic rings. The summed E-state index contributed by atoms with van der Waals surface area (Å²) in [5.41, 5.74) is 0.642. The summed E-state index contributed by atoms with van der Waals surface area (Å²) in [4.78, 5) is 11.6. The second-order valence-corrected chi connectivity index (χ2v) is 4.00. The zero-order valence-corrected chi connectivity index (χ0v) is 11.9. The van der Waals surface area contributed by atoms with Crippen LogP contribution in [0.15, 0.2) is 18.2 Å². The van der Waals surface area contributed by atoms with Crippen molar-refractivity contribution in [3.63, 3.8) is 0 Å². The Hall–Kier alpha value is -1.69. The Balaban J connectivity index is 3.36. The molecule has 4 nitrogen and oxygen atoms in total. The predicted molar refractivity (Wildman–Crippen MR) is 75.0 cm³/mol. The van der Waals surface area contributed by atoms with Crippen molar-refractivity contribution in [3.05, 3.63) is 34.9 Å². The van der Waals surface area contributed by atoms with Crippen molar-refractivity contribution in [2.45, 2.75) is 12.2 Å². The largest absolute Gasteiger partial charge is 0.465 e. The van der Waals surface area contributed by atoms with Crippen molar-refractivity contribution in [1.82, 2.24) is 0 Å². The van der Waals surface area contributed by atoms with E-state index >= 15 is 0 Å². The summed E-state index contributed by atoms with van der Waals surface area (Å²) in [5, 5.41) is 23.7. The first-order valence-corrected chi connectivity index (χ1v) is 6.11. The molecule has 0 aliphatic heterocycles. The third-order valence-corrected chi connectivity index (χ3v) is 2.69. The molecule has 0 amide bonds. The van der Waals surface area contributed by atoms with Gasteiger partial charge in [-0.15, -0.1) is 0 Å². The lowest BCUT2D eigenvalue weighted by Crippen LogP contribution is -2.10. The molecule has 0 aromatic heterocycles. The molecular formula is C14H10Cl2O4. The lowest BCUT2D eigenvalue weighted by Gasteiger charge is -2.13. The maximum Gasteiger partial charge on any atom is 0.338 e. The van der Waals surface area contributed by atoms with Crippen LogP contribution in [0.2, 0.25) is 0 Å². The number of benzene rings is 1. The van der Waals surface area contributed by atoms with Crippen molar-refractivity contribution in [1.29, 1.82) is 0 Å². The van der Waals surface area contributed by atoms with E-state index in [-0.39, 0.29) is 11.1 Å². The second kappa shape index (κ2) is 7.79. The van der Waals surface area contributed by atoms with Gasteiger partial charge in [-0.2, -0.15) is 0 Å². The van der Waals surface area contributed by atoms with E-state index in [1.165, 1.54) is 25.3 Å². The summed E-state index contributed by atoms with van der Waals surface area (Å²) in [6.07, 6.45) is -2.44. The van der Waals surface area contributed by atoms with Crippen LogP contribution >= 0.6 is 23.2 Å². The molecule has 20 heavy (non-hydrogen) atoms. The Morgan fingerprint density at radius 3 is 2.35 bits per heavy atom. The van der Waals surface area contributed by atoms with Gasteiger partial charge in [0, 0.05) is 16.3 Å². The molecule has 0 bridgehead atoms. The lowest BCUT2D eigenvalue weighted by atomic mass is 9.97. The lowest BCUT2D eigenvalue weighted by molar-refractivity contribution is 0.0595. The normalized spacial score (nSPS) is 12.2. The molecule has 2 N–H and O–H groups in total. The van der Waals surface area contributed by atoms with Crippen LogP contribution in [0.25, 0.3) is 0 Å². The first-order chi connectivity index (χ1) is 9.54. The van der Waals surface area contributed by atoms with Crippen LogP contribution in [0.4, 0.5) is 0 Å². The molecule has 0 radical (unpaired) electrons. The molecule has 1 aromatic carbocycles. The maximum absolute atomic E-state index is 11.6. The van der Waals surface area contributed by atoms with Crippen LogP contribution in [0.1, 0.15) is 33.7 Å². The number of aliphatic hydroxyl groups is 2. The van der Waals surface area contributed by atoms with Crippen LogP contribution in [0.5, 0.6) is 0 Å². The number of carbonyl (C=O) groups excluding carboxylic acids is 1. The van der Waals surface area contributed by atoms with Gasteiger partial charge in [-0.25, -0.2) is 4.79 Å². The van der Waals surface area contributed by atoms with E-state index in [9.17, 15) is 15.0 Å². The fourth-order valence-electron chi connectivity index (χ4n) is 1.54. The SMILES string of the molecule is COC(=O)c1ccc(C(O)C#CCl)cc1C(O)C#CCl. The van der Waals surface area contributed by atoms with Gasteiger partial charge in [0.15, 0.2) is 0 Å². The van der Waals surface area contributed by atoms with Crippen LogP contribution < -0.4 is 0 Å². The van der Waals surface area contributed by atoms with Gasteiger partial charge in [-0.05, 0) is 52.7 Å². The summed E-state index contributed by atoms with van der Waals surface area (Å²) in [7, 11) is 1.22. The fourth-order valence-corrected chi connectivity index (χ4v) is 1.74. The van der Waals surface area contributed by atoms with Crippen LogP contribution in [0.3, 0.4) is 0 Å². The molecule has 0 heterocycles. The summed E-state index contributed by atoms with van der Waals surface area (Å²) >= 11 is 10.5. The summed E-state index contributed by atoms with van der Waals surface area (Å²) < 4.78 is 4.61. The summed E-state index contributed by atoms with van der Waals surface area (Å²) in [5.74, 6) is 3.99. The van der Waals surface area contributed by atoms with Crippen molar-refractivity contribution in [2.75, 3.05) is 7.11 Å². The van der Waals surface area contributed by atoms with Crippen molar-refractivity contribution >= 4 is 29.2 Å². The summed E-state index contributed by atoms with van der Waals surface area (Å²) in [6, 6.07) is 4.27. The number of rotatable bonds is 3. The zero-order valence-electron chi connectivity index (χ0n) is 10.4. The fraction of sp³-hybridized carbons (Fsp3) is 0.214. The molecule has 6 heteroatoms. The highest BCUT2D eigenvalue weighted by molar-refractivity contribution is 6.30. The van der Waals surface area contributed by atoms with E-state index < -0.39 is 18.2 Å². The number of halogens is 2. The summed E-state index contributed by atoms with van der Waals surface area (Å²) in [6.45, 7) is 0. The van der Waals surface area contributed by atoms with E-state index in [2.05, 4.69) is 22.0 Å². The predicted octanol–water partition coefficient (Wildman–Crippen LogP) is 1.94. The highest BCUT2D eigenvalue weighted by atomic mass is 35.5. The first kappa shape index (κ1) is 16.4. The Morgan fingerprint density at radius 1 is 1.20 bits per heavy atom. The van der Waals surface area contributed by atoms with E-state index in [4.69, 9.17) is 23.2 Å². The number of carbonyl (C=O) groups is 1. The van der Waals surface area contributed by atoms with Gasteiger partial charge in [0.05, 0.1) is 12.7 Å². The topological polar surface area (TPSA) is 66.8 Å². The average Bonchev–Trinajstić information content (AvgIpc) is 2.46. The first-order valence-electron chi connectivity index (χ1n) is 5.35. The van der Waals surface area contributed by atoms with Gasteiger partial charge in [-0.1, -0.05) is 6.07 Å². The molecule has 0 fully saturated rings. The highest BCUT2D eigenvalue weighted by Crippen LogP contribution is 2.23. The molecule has 0 spiro atoms. The number of esters is 1. The number of hydrogen-bond acceptors (Lipinski definition) is 4. The number of aliphatic hydroxyl groups excluding tert-OH is 2. The van der Waals surface area contributed by atoms with Crippen LogP contribution in [-0.2, 0) is 4.74 Å². The minimum Gasteiger partial charge on any atom is -0.465 e. The zero-order chi connectivity index (χ0) is 15.1. The van der Waals surface area contributed by atoms with E-state index in [1.807, 2.05) is 5.38 Å². The van der Waals surface area contributed by atoms with Gasteiger partial charge in [0.1, 0.15) is 12.2 Å². The average molecular weight is 313 g/mol. The van der Waals surface area contributed by atoms with Crippen LogP contribution in [0, 0.1) is 22.6 Å². The molecular weight excluding hydrogens is 303 g/mol. The van der Waals surface area contributed by atoms with Gasteiger partial charge in [0.2, 0.25) is 0 Å². The van der Waals surface area contributed by atoms with Crippen LogP contribution in [-0.4, -0.2) is 23.3 Å². The van der Waals surface area contributed by atoms with Gasteiger partial charge in [-0.3, -0.25) is 0 Å². The van der Waals surface area contributed by atoms with Gasteiger partial charge >= 0.3 is 5.97 Å². The van der Waals surface area contributed by atoms with E-state index in [0.717, 1.165) is 0 Å². The monoisotopic (exact) mass is 312 g/mol. The highest BCUT2D eigenvalue weighted by Gasteiger charge is 2.19. The minimum atomic E-state index is -1.29. The minimum absolute atomic E-state index is 0.120. The maximum atomic E-state index is 11.6. The van der Waals surface area contributed by atoms with Crippen molar-refractivity contribution < 1.29 is 19.7 Å². The van der Waals surface area contributed by atoms with Gasteiger partial charge < -0.3 is 14.9 Å². The standard InChI is InChI=1S/C14H10Cl2O4/c1-20-14(19)10-3-2-9(12(17)4-6-15)8-11(10)13(18)5-7-16/h2-3,8,12-13,17-18H,1H3. The van der Waals surface area contributed by atoms with E-state index in [0.29, 0.717) is 5.56 Å². The second-order valence-electron chi connectivity index (χ2n) is 3.62. The molecule has 1 rings (SSSR count). The molecule has 0 aliphatic carbocycles. The quantitative estimate of drug-likeness (QED) is 0.661. The number of ether oxygens (including phenoxy) is 1. The Labute approximate surface area is 126 Å². The third kappa shape index (κ3) is 3.90. The smallest absolute Gasteiger partial charge is 0.338 e. The van der Waals surface area contributed by atoms with E-state index in [1.54, 1.807) is 0 Å². The molecule has 104 valence electrons. The Bertz CT molecular complexity index is 620. The Morgan fingerprint density at radius 2 is 1.80 bits per heavy atom. The molecule has 2 unspecified atom stereocenters. The third-order valence-electron chi connectivity index (χ3n) is 2.47. The van der Waals surface area contributed by atoms with Crippen molar-refractivity contribution in [3.8, 4) is 22.6 Å². The molecule has 1 aromatic rings. The molecule has 2 atom stereocenters. The number of hydrogen-bond donors (Lipinski definition) is 2. The van der Waals surface area contributed by atoms with Crippen molar-refractivity contribution in [2.24, 2.45) is 0 Å². The molecule has 0 saturated heterocycles. The molecule has 0 saturated carbocycles. The Kier molecular flexibility index (Phi) is 6.38. The number of methoxy groups -OCH3 is 1. The van der Waals surface area contributed by atoms with Gasteiger partial charge in [0.25, 0.3) is 0 Å².